The van der Waals surface area contributed by atoms with Gasteiger partial charge in [-0.1, -0.05) is 22.9 Å². The molecule has 0 aliphatic rings. The van der Waals surface area contributed by atoms with Crippen LogP contribution in [0.3, 0.4) is 0 Å². The van der Waals surface area contributed by atoms with Gasteiger partial charge in [-0.25, -0.2) is 4.39 Å². The molecule has 0 bridgehead atoms. The van der Waals surface area contributed by atoms with Gasteiger partial charge in [0.15, 0.2) is 11.6 Å². The summed E-state index contributed by atoms with van der Waals surface area (Å²) in [6.07, 6.45) is 0.165. The van der Waals surface area contributed by atoms with Crippen LogP contribution >= 0.6 is 27.3 Å². The van der Waals surface area contributed by atoms with Gasteiger partial charge >= 0.3 is 0 Å². The molecule has 0 saturated heterocycles. The number of halogens is 3. The van der Waals surface area contributed by atoms with Crippen LogP contribution in [0.15, 0.2) is 28.1 Å². The Morgan fingerprint density at radius 3 is 2.67 bits per heavy atom. The van der Waals surface area contributed by atoms with Gasteiger partial charge in [0, 0.05) is 15.4 Å². The normalized spacial score (nSPS) is 14.0. The topological polar surface area (TPSA) is 35.2 Å². The van der Waals surface area contributed by atoms with Crippen LogP contribution in [-0.4, -0.2) is 6.04 Å². The first-order chi connectivity index (χ1) is 9.93. The van der Waals surface area contributed by atoms with E-state index in [1.165, 1.54) is 17.4 Å². The molecule has 2 atom stereocenters. The van der Waals surface area contributed by atoms with E-state index in [9.17, 15) is 8.78 Å². The maximum Gasteiger partial charge on any atom is 0.200 e. The molecule has 0 fully saturated rings. The Hall–Kier alpha value is -0.980. The van der Waals surface area contributed by atoms with E-state index < -0.39 is 17.7 Å². The molecule has 114 valence electrons. The van der Waals surface area contributed by atoms with Crippen LogP contribution in [0.1, 0.15) is 29.9 Å². The maximum atomic E-state index is 13.9. The van der Waals surface area contributed by atoms with Crippen molar-refractivity contribution in [2.45, 2.75) is 32.4 Å². The Kier molecular flexibility index (Phi) is 5.35. The van der Waals surface area contributed by atoms with Crippen molar-refractivity contribution >= 4 is 27.3 Å². The largest absolute Gasteiger partial charge is 0.480 e. The summed E-state index contributed by atoms with van der Waals surface area (Å²) in [5.41, 5.74) is 7.14. The van der Waals surface area contributed by atoms with E-state index >= 15 is 0 Å². The SMILES string of the molecule is CCC(N)C(Oc1cc(Br)cc(F)c1F)c1sccc1C. The number of hydrogen-bond donors (Lipinski definition) is 1. The van der Waals surface area contributed by atoms with Crippen molar-refractivity contribution in [2.24, 2.45) is 5.73 Å². The highest BCUT2D eigenvalue weighted by atomic mass is 79.9. The monoisotopic (exact) mass is 375 g/mol. The molecule has 1 aromatic carbocycles. The fraction of sp³-hybridized carbons (Fsp3) is 0.333. The molecule has 1 aromatic heterocycles. The van der Waals surface area contributed by atoms with Crippen LogP contribution in [0.25, 0.3) is 0 Å². The molecule has 2 N–H and O–H groups in total. The van der Waals surface area contributed by atoms with Gasteiger partial charge in [-0.2, -0.15) is 4.39 Å². The first-order valence-corrected chi connectivity index (χ1v) is 8.22. The third-order valence-electron chi connectivity index (χ3n) is 3.23. The summed E-state index contributed by atoms with van der Waals surface area (Å²) >= 11 is 4.64. The molecule has 1 heterocycles. The van der Waals surface area contributed by atoms with E-state index in [-0.39, 0.29) is 11.8 Å². The Morgan fingerprint density at radius 1 is 1.38 bits per heavy atom. The maximum absolute atomic E-state index is 13.9. The van der Waals surface area contributed by atoms with Crippen molar-refractivity contribution in [3.05, 3.63) is 50.1 Å². The lowest BCUT2D eigenvalue weighted by atomic mass is 10.1. The number of ether oxygens (including phenoxy) is 1. The predicted molar refractivity (Wildman–Crippen MR) is 84.7 cm³/mol. The highest BCUT2D eigenvalue weighted by Gasteiger charge is 2.25. The van der Waals surface area contributed by atoms with Crippen LogP contribution in [-0.2, 0) is 0 Å². The summed E-state index contributed by atoms with van der Waals surface area (Å²) in [4.78, 5) is 0.934. The fourth-order valence-electron chi connectivity index (χ4n) is 1.98. The summed E-state index contributed by atoms with van der Waals surface area (Å²) in [7, 11) is 0. The summed E-state index contributed by atoms with van der Waals surface area (Å²) in [5.74, 6) is -2.09. The van der Waals surface area contributed by atoms with Gasteiger partial charge in [-0.05, 0) is 42.5 Å². The molecule has 0 radical (unpaired) electrons. The van der Waals surface area contributed by atoms with Gasteiger partial charge in [0.25, 0.3) is 0 Å². The van der Waals surface area contributed by atoms with E-state index in [1.807, 2.05) is 25.3 Å². The molecule has 2 aromatic rings. The van der Waals surface area contributed by atoms with Crippen LogP contribution in [0.2, 0.25) is 0 Å². The summed E-state index contributed by atoms with van der Waals surface area (Å²) < 4.78 is 33.5. The zero-order valence-corrected chi connectivity index (χ0v) is 14.1. The number of hydrogen-bond acceptors (Lipinski definition) is 3. The van der Waals surface area contributed by atoms with Gasteiger partial charge in [-0.15, -0.1) is 11.3 Å². The fourth-order valence-corrected chi connectivity index (χ4v) is 3.42. The molecule has 0 spiro atoms. The summed E-state index contributed by atoms with van der Waals surface area (Å²) in [6, 6.07) is 4.13. The van der Waals surface area contributed by atoms with Crippen LogP contribution < -0.4 is 10.5 Å². The summed E-state index contributed by atoms with van der Waals surface area (Å²) in [6.45, 7) is 3.88. The average molecular weight is 376 g/mol. The average Bonchev–Trinajstić information content (AvgIpc) is 2.86. The Balaban J connectivity index is 2.39. The lowest BCUT2D eigenvalue weighted by Gasteiger charge is -2.24. The zero-order chi connectivity index (χ0) is 15.6. The second-order valence-electron chi connectivity index (χ2n) is 4.78. The van der Waals surface area contributed by atoms with E-state index in [2.05, 4.69) is 15.9 Å². The predicted octanol–water partition coefficient (Wildman–Crippen LogP) is 4.95. The lowest BCUT2D eigenvalue weighted by molar-refractivity contribution is 0.164. The molecular weight excluding hydrogens is 360 g/mol. The number of benzene rings is 1. The first-order valence-electron chi connectivity index (χ1n) is 6.54. The standard InChI is InChI=1S/C15H16BrF2NOS/c1-3-11(19)14(15-8(2)4-5-21-15)20-12-7-9(16)6-10(17)13(12)18/h4-7,11,14H,3,19H2,1-2H3. The van der Waals surface area contributed by atoms with Gasteiger partial charge < -0.3 is 10.5 Å². The quantitative estimate of drug-likeness (QED) is 0.749. The molecule has 6 heteroatoms. The van der Waals surface area contributed by atoms with Gasteiger partial charge in [0.2, 0.25) is 5.82 Å². The van der Waals surface area contributed by atoms with Crippen molar-refractivity contribution in [3.8, 4) is 5.75 Å². The van der Waals surface area contributed by atoms with Crippen LogP contribution in [0, 0.1) is 18.6 Å². The van der Waals surface area contributed by atoms with Crippen LogP contribution in [0.5, 0.6) is 5.75 Å². The smallest absolute Gasteiger partial charge is 0.200 e. The molecule has 2 rings (SSSR count). The van der Waals surface area contributed by atoms with Crippen molar-refractivity contribution in [1.29, 1.82) is 0 Å². The molecule has 0 aliphatic heterocycles. The number of rotatable bonds is 5. The third-order valence-corrected chi connectivity index (χ3v) is 4.77. The minimum atomic E-state index is -0.999. The Morgan fingerprint density at radius 2 is 2.10 bits per heavy atom. The van der Waals surface area contributed by atoms with E-state index in [0.717, 1.165) is 16.5 Å². The molecule has 0 aliphatic carbocycles. The van der Waals surface area contributed by atoms with Gasteiger partial charge in [0.05, 0.1) is 0 Å². The van der Waals surface area contributed by atoms with Crippen molar-refractivity contribution in [1.82, 2.24) is 0 Å². The lowest BCUT2D eigenvalue weighted by Crippen LogP contribution is -2.31. The number of nitrogens with two attached hydrogens (primary N) is 1. The first kappa shape index (κ1) is 16.4. The van der Waals surface area contributed by atoms with Crippen molar-refractivity contribution < 1.29 is 13.5 Å². The van der Waals surface area contributed by atoms with Gasteiger partial charge in [-0.3, -0.25) is 0 Å². The Bertz CT molecular complexity index is 632. The summed E-state index contributed by atoms with van der Waals surface area (Å²) in [5, 5.41) is 1.93. The molecule has 0 amide bonds. The van der Waals surface area contributed by atoms with Crippen LogP contribution in [0.4, 0.5) is 8.78 Å². The second-order valence-corrected chi connectivity index (χ2v) is 6.64. The molecule has 0 saturated carbocycles. The Labute approximate surface area is 135 Å². The van der Waals surface area contributed by atoms with Crippen molar-refractivity contribution in [2.75, 3.05) is 0 Å². The highest BCUT2D eigenvalue weighted by molar-refractivity contribution is 9.10. The van der Waals surface area contributed by atoms with E-state index in [0.29, 0.717) is 10.9 Å². The zero-order valence-electron chi connectivity index (χ0n) is 11.7. The second kappa shape index (κ2) is 6.85. The molecule has 2 nitrogen and oxygen atoms in total. The third kappa shape index (κ3) is 3.62. The highest BCUT2D eigenvalue weighted by Crippen LogP contribution is 2.34. The minimum Gasteiger partial charge on any atom is -0.480 e. The van der Waals surface area contributed by atoms with E-state index in [1.54, 1.807) is 0 Å². The van der Waals surface area contributed by atoms with Gasteiger partial charge in [0.1, 0.15) is 6.10 Å². The molecule has 21 heavy (non-hydrogen) atoms. The number of thiophene rings is 1. The molecule has 2 unspecified atom stereocenters. The minimum absolute atomic E-state index is 0.136. The number of aryl methyl sites for hydroxylation is 1. The van der Waals surface area contributed by atoms with E-state index in [4.69, 9.17) is 10.5 Å². The molecular formula is C15H16BrF2NOS. The van der Waals surface area contributed by atoms with Crippen molar-refractivity contribution in [3.63, 3.8) is 0 Å².